The Kier molecular flexibility index (Phi) is 13.1. The molecule has 286 valence electrons. The molecule has 2 fully saturated rings. The van der Waals surface area contributed by atoms with Crippen LogP contribution in [0.4, 0.5) is 0 Å². The second-order valence-electron chi connectivity index (χ2n) is 15.6. The van der Waals surface area contributed by atoms with Gasteiger partial charge in [-0.15, -0.1) is 0 Å². The first-order valence-corrected chi connectivity index (χ1v) is 19.1. The molecule has 11 heteroatoms. The summed E-state index contributed by atoms with van der Waals surface area (Å²) < 4.78 is 17.6. The maximum absolute atomic E-state index is 14.0. The molecule has 3 aromatic carbocycles. The number of morpholine rings is 1. The lowest BCUT2D eigenvalue weighted by atomic mass is 9.92. The van der Waals surface area contributed by atoms with Gasteiger partial charge in [0.25, 0.3) is 0 Å². The molecule has 2 aliphatic heterocycles. The van der Waals surface area contributed by atoms with Crippen LogP contribution in [0.5, 0.6) is 11.5 Å². The molecule has 6 rings (SSSR count). The van der Waals surface area contributed by atoms with Crippen LogP contribution in [-0.2, 0) is 27.2 Å². The Morgan fingerprint density at radius 3 is 2.42 bits per heavy atom. The summed E-state index contributed by atoms with van der Waals surface area (Å²) in [5.41, 5.74) is 2.57. The Bertz CT molecular complexity index is 1630. The molecule has 0 radical (unpaired) electrons. The van der Waals surface area contributed by atoms with Crippen LogP contribution in [0.25, 0.3) is 0 Å². The van der Waals surface area contributed by atoms with E-state index in [1.54, 1.807) is 0 Å². The van der Waals surface area contributed by atoms with Gasteiger partial charge in [0.2, 0.25) is 11.8 Å². The van der Waals surface area contributed by atoms with E-state index < -0.39 is 30.2 Å². The first-order valence-electron chi connectivity index (χ1n) is 19.1. The predicted molar refractivity (Wildman–Crippen MR) is 203 cm³/mol. The molecule has 4 N–H and O–H groups in total. The number of likely N-dealkylation sites (tertiary alicyclic amines) is 1. The Hall–Kier alpha value is -4.00. The molecule has 2 saturated heterocycles. The molecule has 3 aliphatic rings. The van der Waals surface area contributed by atoms with Gasteiger partial charge in [-0.1, -0.05) is 54.6 Å². The third-order valence-corrected chi connectivity index (χ3v) is 10.6. The van der Waals surface area contributed by atoms with Crippen molar-refractivity contribution in [2.45, 2.75) is 82.4 Å². The molecular weight excluding hydrogens is 672 g/mol. The summed E-state index contributed by atoms with van der Waals surface area (Å²) >= 11 is 0. The van der Waals surface area contributed by atoms with E-state index >= 15 is 0 Å². The van der Waals surface area contributed by atoms with E-state index in [0.29, 0.717) is 32.4 Å². The monoisotopic (exact) mass is 728 g/mol. The highest BCUT2D eigenvalue weighted by Gasteiger charge is 2.43. The number of nitrogens with one attached hydrogen (secondary N) is 2. The molecule has 53 heavy (non-hydrogen) atoms. The van der Waals surface area contributed by atoms with Crippen molar-refractivity contribution in [3.8, 4) is 11.5 Å². The van der Waals surface area contributed by atoms with E-state index in [-0.39, 0.29) is 36.4 Å². The fourth-order valence-corrected chi connectivity index (χ4v) is 7.74. The van der Waals surface area contributed by atoms with E-state index in [0.717, 1.165) is 61.0 Å². The third-order valence-electron chi connectivity index (χ3n) is 10.6. The van der Waals surface area contributed by atoms with Crippen molar-refractivity contribution in [3.05, 3.63) is 95.6 Å². The zero-order valence-corrected chi connectivity index (χ0v) is 31.3. The molecule has 0 saturated carbocycles. The van der Waals surface area contributed by atoms with Crippen LogP contribution < -0.4 is 20.1 Å². The Balaban J connectivity index is 1.08. The lowest BCUT2D eigenvalue weighted by molar-refractivity contribution is -0.128. The highest BCUT2D eigenvalue weighted by atomic mass is 16.5. The van der Waals surface area contributed by atoms with Gasteiger partial charge in [0.15, 0.2) is 0 Å². The fourth-order valence-electron chi connectivity index (χ4n) is 7.74. The summed E-state index contributed by atoms with van der Waals surface area (Å²) in [6.45, 7) is 11.6. The largest absolute Gasteiger partial charge is 0.492 e. The van der Waals surface area contributed by atoms with Crippen LogP contribution in [0.1, 0.15) is 56.3 Å². The van der Waals surface area contributed by atoms with Gasteiger partial charge in [-0.3, -0.25) is 19.4 Å². The molecule has 3 aromatic rings. The van der Waals surface area contributed by atoms with Crippen LogP contribution in [0.2, 0.25) is 0 Å². The minimum Gasteiger partial charge on any atom is -0.492 e. The zero-order valence-electron chi connectivity index (χ0n) is 31.3. The molecule has 0 aromatic heterocycles. The number of aliphatic hydroxyl groups excluding tert-OH is 2. The Labute approximate surface area is 313 Å². The first-order chi connectivity index (χ1) is 25.5. The molecule has 11 nitrogen and oxygen atoms in total. The second-order valence-corrected chi connectivity index (χ2v) is 15.6. The van der Waals surface area contributed by atoms with Gasteiger partial charge < -0.3 is 35.1 Å². The SMILES string of the molecule is CC(C)(C)N1C[C@@H](Oc2ccccc2)CC1C(=O)NC[C@@H](O)C[C@H](Cc1ccc(OCCN2CCOCC2)cc1)C(=O)N[C@H]1c2ccccc2C[C@H]1O. The third kappa shape index (κ3) is 10.6. The lowest BCUT2D eigenvalue weighted by Gasteiger charge is -2.36. The average Bonchev–Trinajstić information content (AvgIpc) is 3.72. The number of amides is 2. The summed E-state index contributed by atoms with van der Waals surface area (Å²) in [4.78, 5) is 32.1. The van der Waals surface area contributed by atoms with E-state index in [9.17, 15) is 19.8 Å². The van der Waals surface area contributed by atoms with Crippen molar-refractivity contribution in [1.29, 1.82) is 0 Å². The minimum absolute atomic E-state index is 0.00606. The Morgan fingerprint density at radius 2 is 1.68 bits per heavy atom. The molecule has 0 spiro atoms. The van der Waals surface area contributed by atoms with Gasteiger partial charge >= 0.3 is 0 Å². The standard InChI is InChI=1S/C42H56N4O7/c1-42(2,3)46-28-35(53-34-10-5-4-6-11-34)26-37(46)41(50)43-27-32(47)24-31(40(49)44-39-36-12-8-7-9-30(36)25-38(39)48)23-29-13-15-33(16-14-29)52-22-19-45-17-20-51-21-18-45/h4-16,31-32,35,37-39,47-48H,17-28H2,1-3H3,(H,43,50)(H,44,49)/t31-,32-,35-,37?,38+,39-/m0/s1. The number of benzene rings is 3. The van der Waals surface area contributed by atoms with Crippen LogP contribution >= 0.6 is 0 Å². The van der Waals surface area contributed by atoms with E-state index in [2.05, 4.69) is 41.2 Å². The summed E-state index contributed by atoms with van der Waals surface area (Å²) in [7, 11) is 0. The topological polar surface area (TPSA) is 133 Å². The van der Waals surface area contributed by atoms with E-state index in [1.165, 1.54) is 0 Å². The average molecular weight is 729 g/mol. The fraction of sp³-hybridized carbons (Fsp3) is 0.524. The number of nitrogens with zero attached hydrogens (tertiary/aromatic N) is 2. The zero-order chi connectivity index (χ0) is 37.4. The number of aliphatic hydroxyl groups is 2. The minimum atomic E-state index is -0.973. The summed E-state index contributed by atoms with van der Waals surface area (Å²) in [5.74, 6) is 0.485. The van der Waals surface area contributed by atoms with Crippen molar-refractivity contribution < 1.29 is 34.0 Å². The van der Waals surface area contributed by atoms with Crippen molar-refractivity contribution in [1.82, 2.24) is 20.4 Å². The van der Waals surface area contributed by atoms with Crippen LogP contribution in [0, 0.1) is 5.92 Å². The number of para-hydroxylation sites is 1. The summed E-state index contributed by atoms with van der Waals surface area (Å²) in [6, 6.07) is 24.2. The van der Waals surface area contributed by atoms with Gasteiger partial charge in [-0.05, 0) is 74.6 Å². The van der Waals surface area contributed by atoms with Gasteiger partial charge in [0, 0.05) is 57.0 Å². The highest BCUT2D eigenvalue weighted by molar-refractivity contribution is 5.82. The number of ether oxygens (including phenoxy) is 3. The number of rotatable bonds is 15. The van der Waals surface area contributed by atoms with Gasteiger partial charge in [0.1, 0.15) is 24.2 Å². The van der Waals surface area contributed by atoms with Gasteiger partial charge in [-0.2, -0.15) is 0 Å². The molecule has 1 unspecified atom stereocenters. The molecule has 1 aliphatic carbocycles. The highest BCUT2D eigenvalue weighted by Crippen LogP contribution is 2.33. The molecule has 0 bridgehead atoms. The van der Waals surface area contributed by atoms with E-state index in [4.69, 9.17) is 14.2 Å². The van der Waals surface area contributed by atoms with Crippen molar-refractivity contribution in [2.24, 2.45) is 5.92 Å². The quantitative estimate of drug-likeness (QED) is 0.186. The summed E-state index contributed by atoms with van der Waals surface area (Å²) in [6.07, 6.45) is -0.366. The van der Waals surface area contributed by atoms with Crippen LogP contribution in [0.15, 0.2) is 78.9 Å². The first kappa shape index (κ1) is 38.7. The van der Waals surface area contributed by atoms with Crippen molar-refractivity contribution >= 4 is 11.8 Å². The summed E-state index contributed by atoms with van der Waals surface area (Å²) in [5, 5.41) is 28.3. The normalized spacial score (nSPS) is 23.2. The van der Waals surface area contributed by atoms with E-state index in [1.807, 2.05) is 78.9 Å². The molecular formula is C42H56N4O7. The maximum atomic E-state index is 14.0. The number of hydrogen-bond donors (Lipinski definition) is 4. The number of hydrogen-bond acceptors (Lipinski definition) is 9. The smallest absolute Gasteiger partial charge is 0.237 e. The van der Waals surface area contributed by atoms with Crippen molar-refractivity contribution in [3.63, 3.8) is 0 Å². The molecule has 2 amide bonds. The van der Waals surface area contributed by atoms with Crippen LogP contribution in [-0.4, -0.2) is 114 Å². The maximum Gasteiger partial charge on any atom is 0.237 e. The number of carbonyl (C=O) groups is 2. The lowest BCUT2D eigenvalue weighted by Crippen LogP contribution is -2.52. The Morgan fingerprint density at radius 1 is 0.962 bits per heavy atom. The second kappa shape index (κ2) is 17.9. The van der Waals surface area contributed by atoms with Crippen LogP contribution in [0.3, 0.4) is 0 Å². The molecule has 2 heterocycles. The van der Waals surface area contributed by atoms with Gasteiger partial charge in [0.05, 0.1) is 37.5 Å². The van der Waals surface area contributed by atoms with Crippen molar-refractivity contribution in [2.75, 3.05) is 52.5 Å². The predicted octanol–water partition coefficient (Wildman–Crippen LogP) is 3.52. The number of fused-ring (bicyclic) bond motifs is 1. The van der Waals surface area contributed by atoms with Gasteiger partial charge in [-0.25, -0.2) is 0 Å². The molecule has 6 atom stereocenters. The number of carbonyl (C=O) groups excluding carboxylic acids is 2.